The number of ether oxygens (including phenoxy) is 1. The van der Waals surface area contributed by atoms with Crippen molar-refractivity contribution in [3.8, 4) is 5.75 Å². The average Bonchev–Trinajstić information content (AvgIpc) is 2.93. The summed E-state index contributed by atoms with van der Waals surface area (Å²) in [7, 11) is 1.63. The molecule has 0 amide bonds. The van der Waals surface area contributed by atoms with Gasteiger partial charge in [0, 0.05) is 0 Å². The van der Waals surface area contributed by atoms with Crippen LogP contribution < -0.4 is 13.7 Å². The molecule has 174 valence electrons. The minimum absolute atomic E-state index is 0.0264. The van der Waals surface area contributed by atoms with Gasteiger partial charge in [0.15, 0.2) is 0 Å². The summed E-state index contributed by atoms with van der Waals surface area (Å²) in [5.41, 5.74) is 6.15. The van der Waals surface area contributed by atoms with Crippen LogP contribution in [-0.4, -0.2) is 42.8 Å². The second-order valence-corrected chi connectivity index (χ2v) is 12.4. The Hall–Kier alpha value is -3.09. The number of methoxy groups -OCH3 is 1. The van der Waals surface area contributed by atoms with Gasteiger partial charge >= 0.3 is 221 Å². The number of carbonyl (C=O) groups is 1. The molecule has 0 radical (unpaired) electrons. The number of ketones is 1. The summed E-state index contributed by atoms with van der Waals surface area (Å²) in [5, 5.41) is 0.946. The predicted octanol–water partition coefficient (Wildman–Crippen LogP) is 5.31. The van der Waals surface area contributed by atoms with E-state index in [0.717, 1.165) is 26.7 Å². The molecule has 2 nitrogen and oxygen atoms in total. The summed E-state index contributed by atoms with van der Waals surface area (Å²) in [4.78, 5) is 13.7. The van der Waals surface area contributed by atoms with Gasteiger partial charge in [-0.3, -0.25) is 0 Å². The Morgan fingerprint density at radius 1 is 0.714 bits per heavy atom. The van der Waals surface area contributed by atoms with E-state index in [-0.39, 0.29) is 20.7 Å². The molecule has 0 saturated carbocycles. The molecule has 0 unspecified atom stereocenters. The van der Waals surface area contributed by atoms with Gasteiger partial charge in [-0.05, 0) is 0 Å². The van der Waals surface area contributed by atoms with Crippen LogP contribution in [0.4, 0.5) is 0 Å². The molecule has 4 heteroatoms. The van der Waals surface area contributed by atoms with Crippen LogP contribution in [0.2, 0.25) is 5.32 Å². The third-order valence-electron chi connectivity index (χ3n) is 5.25. The van der Waals surface area contributed by atoms with Crippen LogP contribution in [0.15, 0.2) is 127 Å². The van der Waals surface area contributed by atoms with Crippen LogP contribution in [0.1, 0.15) is 22.3 Å². The van der Waals surface area contributed by atoms with E-state index in [1.807, 2.05) is 54.6 Å². The van der Waals surface area contributed by atoms with Gasteiger partial charge in [-0.1, -0.05) is 0 Å². The molecule has 0 bridgehead atoms. The van der Waals surface area contributed by atoms with Gasteiger partial charge in [0.05, 0.1) is 0 Å². The fraction of sp³-hybridized carbons (Fsp3) is 0.0968. The second-order valence-electron chi connectivity index (χ2n) is 7.68. The Labute approximate surface area is 220 Å². The number of hydrogen-bond acceptors (Lipinski definition) is 2. The first-order valence-corrected chi connectivity index (χ1v) is 15.2. The van der Waals surface area contributed by atoms with E-state index >= 15 is 0 Å². The summed E-state index contributed by atoms with van der Waals surface area (Å²) in [5.74, 6) is 0.779. The Kier molecular flexibility index (Phi) is 9.38. The van der Waals surface area contributed by atoms with Crippen LogP contribution in [-0.2, 0) is 0 Å². The first kappa shape index (κ1) is 25.0. The zero-order valence-electron chi connectivity index (χ0n) is 19.5. The maximum absolute atomic E-state index is 13.7. The van der Waals surface area contributed by atoms with Gasteiger partial charge in [-0.2, -0.15) is 0 Å². The average molecular weight is 588 g/mol. The minimum atomic E-state index is 0.0264. The first-order valence-electron chi connectivity index (χ1n) is 11.4. The number of benzene rings is 4. The van der Waals surface area contributed by atoms with Gasteiger partial charge < -0.3 is 0 Å². The van der Waals surface area contributed by atoms with Crippen molar-refractivity contribution in [2.75, 3.05) is 7.11 Å². The van der Waals surface area contributed by atoms with Crippen LogP contribution in [0.3, 0.4) is 0 Å². The molecule has 0 atom stereocenters. The van der Waals surface area contributed by atoms with Crippen LogP contribution in [0, 0.1) is 0 Å². The van der Waals surface area contributed by atoms with Crippen molar-refractivity contribution in [3.63, 3.8) is 0 Å². The second kappa shape index (κ2) is 13.1. The molecule has 4 aromatic carbocycles. The van der Waals surface area contributed by atoms with Crippen molar-refractivity contribution >= 4 is 49.1 Å². The van der Waals surface area contributed by atoms with Crippen LogP contribution in [0.5, 0.6) is 5.75 Å². The Morgan fingerprint density at radius 3 is 1.89 bits per heavy atom. The van der Waals surface area contributed by atoms with Crippen molar-refractivity contribution < 1.29 is 9.53 Å². The summed E-state index contributed by atoms with van der Waals surface area (Å²) in [6.07, 6.45) is 0.695. The molecule has 0 N–H and O–H groups in total. The molecule has 4 rings (SSSR count). The van der Waals surface area contributed by atoms with Crippen molar-refractivity contribution in [1.29, 1.82) is 0 Å². The number of Topliss-reactive ketones (excluding diaryl/α,β-unsaturated/α-hetero) is 1. The van der Waals surface area contributed by atoms with E-state index in [2.05, 4.69) is 66.4 Å². The summed E-state index contributed by atoms with van der Waals surface area (Å²) >= 11 is 0.324. The quantitative estimate of drug-likeness (QED) is 0.109. The third-order valence-corrected chi connectivity index (χ3v) is 9.58. The molecule has 35 heavy (non-hydrogen) atoms. The fourth-order valence-corrected chi connectivity index (χ4v) is 7.31. The molecule has 0 aliphatic rings. The first-order chi connectivity index (χ1) is 17.2. The van der Waals surface area contributed by atoms with Gasteiger partial charge in [0.25, 0.3) is 0 Å². The Morgan fingerprint density at radius 2 is 1.29 bits per heavy atom. The monoisotopic (exact) mass is 590 g/mol. The molecular formula is C31H26O2Se2. The maximum atomic E-state index is 13.7. The molecule has 0 aromatic heterocycles. The zero-order chi connectivity index (χ0) is 24.3. The van der Waals surface area contributed by atoms with Gasteiger partial charge in [-0.15, -0.1) is 0 Å². The predicted molar refractivity (Wildman–Crippen MR) is 147 cm³/mol. The van der Waals surface area contributed by atoms with E-state index in [1.54, 1.807) is 7.11 Å². The molecule has 4 aromatic rings. The summed E-state index contributed by atoms with van der Waals surface area (Å²) < 4.78 is 8.98. The van der Waals surface area contributed by atoms with Crippen molar-refractivity contribution in [1.82, 2.24) is 0 Å². The molecule has 0 aliphatic carbocycles. The van der Waals surface area contributed by atoms with Crippen molar-refractivity contribution in [2.45, 2.75) is 11.7 Å². The van der Waals surface area contributed by atoms with Crippen LogP contribution >= 0.6 is 0 Å². The van der Waals surface area contributed by atoms with E-state index in [9.17, 15) is 4.79 Å². The molecule has 0 spiro atoms. The normalized spacial score (nSPS) is 10.3. The molecule has 0 fully saturated rings. The number of allylic oxidation sites excluding steroid dienone is 1. The topological polar surface area (TPSA) is 26.3 Å². The number of hydrogen-bond donors (Lipinski definition) is 0. The third kappa shape index (κ3) is 7.44. The summed E-state index contributed by atoms with van der Waals surface area (Å²) in [6, 6.07) is 38.7. The van der Waals surface area contributed by atoms with Crippen molar-refractivity contribution in [3.05, 3.63) is 138 Å². The SMILES string of the molecule is COc1ccc(C(=O)C(=C=C([Se]c2ccccc2)c2ccccc2)CC[Se]c2ccccc2)cc1. The van der Waals surface area contributed by atoms with Gasteiger partial charge in [-0.25, -0.2) is 0 Å². The zero-order valence-corrected chi connectivity index (χ0v) is 22.9. The number of rotatable bonds is 10. The molecule has 0 aliphatic heterocycles. The molecular weight excluding hydrogens is 562 g/mol. The van der Waals surface area contributed by atoms with Gasteiger partial charge in [0.1, 0.15) is 0 Å². The van der Waals surface area contributed by atoms with E-state index in [1.165, 1.54) is 8.92 Å². The van der Waals surface area contributed by atoms with E-state index in [0.29, 0.717) is 26.9 Å². The standard InChI is InChI=1S/C31H26O2Se2/c1-33-27-19-17-25(18-20-27)31(32)26(21-22-34-28-13-7-3-8-14-28)23-30(24-11-5-2-6-12-24)35-29-15-9-4-10-16-29/h2-20H,21-22H2,1H3. The Balaban J connectivity index is 1.73. The molecule has 0 heterocycles. The number of carbonyl (C=O) groups excluding carboxylic acids is 1. The summed E-state index contributed by atoms with van der Waals surface area (Å²) in [6.45, 7) is 0. The van der Waals surface area contributed by atoms with E-state index < -0.39 is 0 Å². The van der Waals surface area contributed by atoms with Crippen LogP contribution in [0.25, 0.3) is 4.47 Å². The van der Waals surface area contributed by atoms with E-state index in [4.69, 9.17) is 4.74 Å². The van der Waals surface area contributed by atoms with Gasteiger partial charge in [0.2, 0.25) is 0 Å². The Bertz CT molecular complexity index is 1290. The fourth-order valence-electron chi connectivity index (χ4n) is 3.43. The van der Waals surface area contributed by atoms with Crippen molar-refractivity contribution in [2.24, 2.45) is 0 Å². The molecule has 0 saturated heterocycles.